The van der Waals surface area contributed by atoms with E-state index < -0.39 is 5.60 Å². The first-order valence-corrected chi connectivity index (χ1v) is 12.4. The third-order valence-corrected chi connectivity index (χ3v) is 6.61. The summed E-state index contributed by atoms with van der Waals surface area (Å²) in [7, 11) is 0. The first kappa shape index (κ1) is 24.2. The second kappa shape index (κ2) is 11.0. The molecule has 0 amide bonds. The zero-order valence-corrected chi connectivity index (χ0v) is 20.5. The smallest absolute Gasteiger partial charge is 0.306 e. The van der Waals surface area contributed by atoms with Gasteiger partial charge < -0.3 is 9.47 Å². The number of carbonyl (C=O) groups excluding carboxylic acids is 1. The fraction of sp³-hybridized carbons (Fsp3) is 0.387. The van der Waals surface area contributed by atoms with Crippen LogP contribution in [0, 0.1) is 5.92 Å². The molecule has 0 N–H and O–H groups in total. The van der Waals surface area contributed by atoms with Gasteiger partial charge in [-0.05, 0) is 56.2 Å². The van der Waals surface area contributed by atoms with Gasteiger partial charge in [0, 0.05) is 11.8 Å². The molecule has 2 unspecified atom stereocenters. The molecule has 0 aromatic heterocycles. The van der Waals surface area contributed by atoms with Crippen molar-refractivity contribution in [3.63, 3.8) is 0 Å². The van der Waals surface area contributed by atoms with Crippen LogP contribution in [0.25, 0.3) is 0 Å². The molecule has 3 heteroatoms. The highest BCUT2D eigenvalue weighted by Gasteiger charge is 2.37. The molecule has 178 valence electrons. The first-order valence-electron chi connectivity index (χ1n) is 12.4. The maximum absolute atomic E-state index is 13.0. The van der Waals surface area contributed by atoms with Gasteiger partial charge >= 0.3 is 5.97 Å². The highest BCUT2D eigenvalue weighted by molar-refractivity contribution is 5.70. The van der Waals surface area contributed by atoms with E-state index in [1.165, 1.54) is 16.7 Å². The minimum atomic E-state index is -0.497. The van der Waals surface area contributed by atoms with Crippen molar-refractivity contribution in [2.45, 2.75) is 63.6 Å². The lowest BCUT2D eigenvalue weighted by molar-refractivity contribution is -0.157. The summed E-state index contributed by atoms with van der Waals surface area (Å²) in [6.07, 6.45) is 2.15. The molecular formula is C31H36O3. The van der Waals surface area contributed by atoms with Gasteiger partial charge in [-0.25, -0.2) is 0 Å². The molecule has 0 saturated carbocycles. The fourth-order valence-corrected chi connectivity index (χ4v) is 5.09. The lowest BCUT2D eigenvalue weighted by Crippen LogP contribution is -2.34. The van der Waals surface area contributed by atoms with Crippen molar-refractivity contribution < 1.29 is 14.3 Å². The molecule has 3 aromatic rings. The lowest BCUT2D eigenvalue weighted by Gasteiger charge is -2.33. The normalized spacial score (nSPS) is 21.1. The third-order valence-electron chi connectivity index (χ3n) is 6.61. The number of benzene rings is 3. The minimum absolute atomic E-state index is 0.0457. The molecule has 0 spiro atoms. The molecule has 1 aliphatic heterocycles. The Bertz CT molecular complexity index is 985. The van der Waals surface area contributed by atoms with Gasteiger partial charge in [0.2, 0.25) is 0 Å². The Morgan fingerprint density at radius 2 is 1.38 bits per heavy atom. The molecular weight excluding hydrogens is 420 g/mol. The van der Waals surface area contributed by atoms with Crippen molar-refractivity contribution in [1.82, 2.24) is 0 Å². The zero-order valence-electron chi connectivity index (χ0n) is 20.5. The van der Waals surface area contributed by atoms with Crippen molar-refractivity contribution >= 4 is 5.97 Å². The van der Waals surface area contributed by atoms with Crippen LogP contribution in [-0.4, -0.2) is 24.3 Å². The third kappa shape index (κ3) is 6.36. The van der Waals surface area contributed by atoms with E-state index in [9.17, 15) is 4.79 Å². The number of rotatable bonds is 6. The van der Waals surface area contributed by atoms with Crippen LogP contribution in [0.5, 0.6) is 0 Å². The molecule has 0 bridgehead atoms. The highest BCUT2D eigenvalue weighted by atomic mass is 16.6. The SMILES string of the molecule is CC(C)(C)OC(=O)CC1CC[C@@H](c2ccccc2)COC1C(c1ccccc1)c1ccccc1. The maximum Gasteiger partial charge on any atom is 0.306 e. The van der Waals surface area contributed by atoms with Crippen molar-refractivity contribution in [1.29, 1.82) is 0 Å². The quantitative estimate of drug-likeness (QED) is 0.370. The van der Waals surface area contributed by atoms with Gasteiger partial charge in [-0.3, -0.25) is 4.79 Å². The van der Waals surface area contributed by atoms with E-state index in [1.54, 1.807) is 0 Å². The van der Waals surface area contributed by atoms with E-state index in [2.05, 4.69) is 78.9 Å². The monoisotopic (exact) mass is 456 g/mol. The molecule has 1 heterocycles. The van der Waals surface area contributed by atoms with Crippen LogP contribution in [0.2, 0.25) is 0 Å². The Kier molecular flexibility index (Phi) is 7.84. The second-order valence-corrected chi connectivity index (χ2v) is 10.3. The number of hydrogen-bond acceptors (Lipinski definition) is 3. The zero-order chi connectivity index (χ0) is 24.0. The summed E-state index contributed by atoms with van der Waals surface area (Å²) in [5.41, 5.74) is 3.23. The van der Waals surface area contributed by atoms with E-state index in [0.29, 0.717) is 18.9 Å². The summed E-state index contributed by atoms with van der Waals surface area (Å²) < 4.78 is 12.5. The molecule has 1 fully saturated rings. The highest BCUT2D eigenvalue weighted by Crippen LogP contribution is 2.41. The van der Waals surface area contributed by atoms with E-state index in [0.717, 1.165) is 12.8 Å². The standard InChI is InChI=1S/C31H36O3/c1-31(2,3)34-28(32)21-26-19-20-27(23-13-7-4-8-14-23)22-33-30(26)29(24-15-9-5-10-16-24)25-17-11-6-12-18-25/h4-18,26-27,29-30H,19-22H2,1-3H3/t26?,27-,30?/m1/s1. The fourth-order valence-electron chi connectivity index (χ4n) is 5.09. The molecule has 0 radical (unpaired) electrons. The van der Waals surface area contributed by atoms with Gasteiger partial charge in [0.05, 0.1) is 19.1 Å². The summed E-state index contributed by atoms with van der Waals surface area (Å²) in [6, 6.07) is 31.7. The Morgan fingerprint density at radius 1 is 0.853 bits per heavy atom. The summed E-state index contributed by atoms with van der Waals surface area (Å²) in [5, 5.41) is 0. The Labute approximate surface area is 204 Å². The summed E-state index contributed by atoms with van der Waals surface area (Å²) >= 11 is 0. The van der Waals surface area contributed by atoms with Crippen LogP contribution in [0.1, 0.15) is 68.6 Å². The average molecular weight is 457 g/mol. The molecule has 0 aliphatic carbocycles. The molecule has 1 saturated heterocycles. The Hall–Kier alpha value is -2.91. The van der Waals surface area contributed by atoms with E-state index in [1.807, 2.05) is 32.9 Å². The topological polar surface area (TPSA) is 35.5 Å². The van der Waals surface area contributed by atoms with E-state index in [4.69, 9.17) is 9.47 Å². The number of hydrogen-bond donors (Lipinski definition) is 0. The predicted octanol–water partition coefficient (Wildman–Crippen LogP) is 7.13. The Balaban J connectivity index is 1.68. The molecule has 3 aromatic carbocycles. The van der Waals surface area contributed by atoms with Gasteiger partial charge in [0.1, 0.15) is 5.60 Å². The van der Waals surface area contributed by atoms with Crippen molar-refractivity contribution in [3.8, 4) is 0 Å². The van der Waals surface area contributed by atoms with Gasteiger partial charge in [0.15, 0.2) is 0 Å². The number of esters is 1. The van der Waals surface area contributed by atoms with Crippen LogP contribution in [0.3, 0.4) is 0 Å². The number of carbonyl (C=O) groups is 1. The maximum atomic E-state index is 13.0. The van der Waals surface area contributed by atoms with Crippen LogP contribution in [0.4, 0.5) is 0 Å². The summed E-state index contributed by atoms with van der Waals surface area (Å²) in [6.45, 7) is 6.42. The van der Waals surface area contributed by atoms with Crippen molar-refractivity contribution in [3.05, 3.63) is 108 Å². The largest absolute Gasteiger partial charge is 0.460 e. The van der Waals surface area contributed by atoms with Crippen LogP contribution < -0.4 is 0 Å². The molecule has 4 rings (SSSR count). The number of ether oxygens (including phenoxy) is 2. The lowest BCUT2D eigenvalue weighted by atomic mass is 9.78. The van der Waals surface area contributed by atoms with E-state index in [-0.39, 0.29) is 23.9 Å². The van der Waals surface area contributed by atoms with Crippen LogP contribution in [-0.2, 0) is 14.3 Å². The molecule has 3 atom stereocenters. The molecule has 1 aliphatic rings. The van der Waals surface area contributed by atoms with Gasteiger partial charge in [-0.15, -0.1) is 0 Å². The summed E-state index contributed by atoms with van der Waals surface area (Å²) in [5.74, 6) is 0.280. The first-order chi connectivity index (χ1) is 16.4. The van der Waals surface area contributed by atoms with Gasteiger partial charge in [0.25, 0.3) is 0 Å². The molecule has 3 nitrogen and oxygen atoms in total. The second-order valence-electron chi connectivity index (χ2n) is 10.3. The Morgan fingerprint density at radius 3 is 1.91 bits per heavy atom. The average Bonchev–Trinajstić information content (AvgIpc) is 3.03. The van der Waals surface area contributed by atoms with Crippen LogP contribution >= 0.6 is 0 Å². The predicted molar refractivity (Wildman–Crippen MR) is 137 cm³/mol. The van der Waals surface area contributed by atoms with E-state index >= 15 is 0 Å². The summed E-state index contributed by atoms with van der Waals surface area (Å²) in [4.78, 5) is 13.0. The molecule has 34 heavy (non-hydrogen) atoms. The van der Waals surface area contributed by atoms with Crippen molar-refractivity contribution in [2.75, 3.05) is 6.61 Å². The van der Waals surface area contributed by atoms with Crippen LogP contribution in [0.15, 0.2) is 91.0 Å². The van der Waals surface area contributed by atoms with Crippen molar-refractivity contribution in [2.24, 2.45) is 5.92 Å². The van der Waals surface area contributed by atoms with Gasteiger partial charge in [-0.2, -0.15) is 0 Å². The van der Waals surface area contributed by atoms with Gasteiger partial charge in [-0.1, -0.05) is 91.0 Å². The minimum Gasteiger partial charge on any atom is -0.460 e.